The van der Waals surface area contributed by atoms with E-state index in [1.54, 1.807) is 6.07 Å². The number of halogens is 2. The van der Waals surface area contributed by atoms with E-state index in [0.29, 0.717) is 10.0 Å². The third-order valence-electron chi connectivity index (χ3n) is 5.91. The quantitative estimate of drug-likeness (QED) is 0.382. The fourth-order valence-corrected chi connectivity index (χ4v) is 4.81. The van der Waals surface area contributed by atoms with E-state index in [9.17, 15) is 0 Å². The maximum Gasteiger partial charge on any atom is 0.148 e. The molecule has 1 aliphatic carbocycles. The molecule has 168 valence electrons. The Morgan fingerprint density at radius 2 is 1.78 bits per heavy atom. The van der Waals surface area contributed by atoms with Crippen molar-refractivity contribution in [2.75, 3.05) is 11.9 Å². The number of benzene rings is 2. The Morgan fingerprint density at radius 3 is 2.50 bits per heavy atom. The Kier molecular flexibility index (Phi) is 7.34. The Balaban J connectivity index is 1.73. The lowest BCUT2D eigenvalue weighted by Gasteiger charge is -2.24. The maximum atomic E-state index is 6.51. The molecule has 0 saturated heterocycles. The first-order valence-electron chi connectivity index (χ1n) is 11.4. The van der Waals surface area contributed by atoms with Crippen LogP contribution in [0.25, 0.3) is 11.3 Å². The molecule has 3 aromatic rings. The molecule has 2 atom stereocenters. The molecule has 6 heteroatoms. The summed E-state index contributed by atoms with van der Waals surface area (Å²) in [7, 11) is 0. The molecule has 0 fully saturated rings. The third kappa shape index (κ3) is 4.63. The van der Waals surface area contributed by atoms with Crippen LogP contribution in [0, 0.1) is 0 Å². The molecular weight excluding hydrogens is 441 g/mol. The van der Waals surface area contributed by atoms with Crippen molar-refractivity contribution >= 4 is 29.0 Å². The summed E-state index contributed by atoms with van der Waals surface area (Å²) >= 11 is 12.6. The van der Waals surface area contributed by atoms with Crippen LogP contribution < -0.4 is 5.32 Å². The molecule has 0 saturated carbocycles. The summed E-state index contributed by atoms with van der Waals surface area (Å²) in [4.78, 5) is 10.0. The van der Waals surface area contributed by atoms with Gasteiger partial charge in [-0.15, -0.1) is 0 Å². The zero-order valence-corrected chi connectivity index (χ0v) is 20.3. The fourth-order valence-electron chi connectivity index (χ4n) is 4.31. The Labute approximate surface area is 200 Å². The monoisotopic (exact) mass is 469 g/mol. The minimum Gasteiger partial charge on any atom is -0.375 e. The highest BCUT2D eigenvalue weighted by molar-refractivity contribution is 6.36. The van der Waals surface area contributed by atoms with Gasteiger partial charge in [0.05, 0.1) is 34.3 Å². The topological polar surface area (TPSA) is 47.0 Å². The Morgan fingerprint density at radius 1 is 1.00 bits per heavy atom. The first-order valence-corrected chi connectivity index (χ1v) is 12.1. The van der Waals surface area contributed by atoms with E-state index in [0.717, 1.165) is 60.8 Å². The lowest BCUT2D eigenvalue weighted by Crippen LogP contribution is -2.26. The zero-order chi connectivity index (χ0) is 22.7. The van der Waals surface area contributed by atoms with Crippen molar-refractivity contribution in [1.82, 2.24) is 9.97 Å². The van der Waals surface area contributed by atoms with Crippen LogP contribution in [-0.2, 0) is 24.0 Å². The molecule has 4 nitrogen and oxygen atoms in total. The second-order valence-corrected chi connectivity index (χ2v) is 8.92. The molecular formula is C26H29Cl2N3O. The van der Waals surface area contributed by atoms with Crippen LogP contribution >= 0.6 is 23.2 Å². The lowest BCUT2D eigenvalue weighted by atomic mass is 10.1. The van der Waals surface area contributed by atoms with Gasteiger partial charge < -0.3 is 10.1 Å². The number of hydrogen-bond donors (Lipinski definition) is 1. The van der Waals surface area contributed by atoms with Crippen LogP contribution in [-0.4, -0.2) is 22.7 Å². The molecule has 0 radical (unpaired) electrons. The molecule has 1 heterocycles. The van der Waals surface area contributed by atoms with Crippen molar-refractivity contribution in [2.45, 2.75) is 58.6 Å². The molecule has 2 unspecified atom stereocenters. The number of rotatable bonds is 8. The van der Waals surface area contributed by atoms with E-state index < -0.39 is 0 Å². The lowest BCUT2D eigenvalue weighted by molar-refractivity contribution is 0.0483. The number of aromatic nitrogens is 2. The van der Waals surface area contributed by atoms with Crippen LogP contribution in [0.1, 0.15) is 55.7 Å². The molecule has 32 heavy (non-hydrogen) atoms. The Hall–Kier alpha value is -2.14. The summed E-state index contributed by atoms with van der Waals surface area (Å²) < 4.78 is 6.23. The molecule has 0 aliphatic heterocycles. The van der Waals surface area contributed by atoms with Crippen molar-refractivity contribution in [2.24, 2.45) is 0 Å². The summed E-state index contributed by atoms with van der Waals surface area (Å²) in [6.45, 7) is 7.07. The number of fused-ring (bicyclic) bond motifs is 1. The minimum atomic E-state index is 0.0482. The number of nitrogens with one attached hydrogen (secondary N) is 1. The van der Waals surface area contributed by atoms with Crippen molar-refractivity contribution < 1.29 is 4.74 Å². The van der Waals surface area contributed by atoms with E-state index in [1.807, 2.05) is 12.1 Å². The summed E-state index contributed by atoms with van der Waals surface area (Å²) in [6.07, 6.45) is 3.48. The molecule has 0 bridgehead atoms. The van der Waals surface area contributed by atoms with Crippen LogP contribution in [0.3, 0.4) is 0 Å². The molecule has 0 spiro atoms. The average molecular weight is 470 g/mol. The normalized spacial score (nSPS) is 17.4. The highest BCUT2D eigenvalue weighted by Crippen LogP contribution is 2.37. The van der Waals surface area contributed by atoms with Gasteiger partial charge in [0.25, 0.3) is 0 Å². The van der Waals surface area contributed by atoms with Crippen LogP contribution in [0.5, 0.6) is 0 Å². The van der Waals surface area contributed by atoms with E-state index in [1.165, 1.54) is 11.1 Å². The third-order valence-corrected chi connectivity index (χ3v) is 6.46. The molecule has 1 N–H and O–H groups in total. The number of hydrogen-bond acceptors (Lipinski definition) is 4. The van der Waals surface area contributed by atoms with Gasteiger partial charge in [0, 0.05) is 23.6 Å². The van der Waals surface area contributed by atoms with Gasteiger partial charge in [-0.1, -0.05) is 68.2 Å². The van der Waals surface area contributed by atoms with E-state index in [4.69, 9.17) is 37.9 Å². The smallest absolute Gasteiger partial charge is 0.148 e. The second-order valence-electron chi connectivity index (χ2n) is 8.08. The van der Waals surface area contributed by atoms with Crippen molar-refractivity contribution in [3.63, 3.8) is 0 Å². The maximum absolute atomic E-state index is 6.51. The van der Waals surface area contributed by atoms with E-state index in [2.05, 4.69) is 50.4 Å². The summed E-state index contributed by atoms with van der Waals surface area (Å²) in [6, 6.07) is 14.1. The van der Waals surface area contributed by atoms with Gasteiger partial charge in [-0.05, 0) is 48.6 Å². The van der Waals surface area contributed by atoms with Crippen molar-refractivity contribution in [3.05, 3.63) is 75.0 Å². The van der Waals surface area contributed by atoms with Gasteiger partial charge in [0.2, 0.25) is 0 Å². The van der Waals surface area contributed by atoms with Gasteiger partial charge in [-0.2, -0.15) is 0 Å². The zero-order valence-electron chi connectivity index (χ0n) is 18.8. The molecule has 4 rings (SSSR count). The molecule has 2 aromatic carbocycles. The number of nitrogens with zero attached hydrogens (tertiary/aromatic N) is 2. The first-order chi connectivity index (χ1) is 15.5. The standard InChI is InChI=1S/C26H29Cl2N3O/c1-4-13-32-23-14-16-9-7-8-10-18(16)25(23)31-26-22(6-3)29-24(21(5-2)30-26)19-12-11-17(27)15-20(19)28/h7-12,15,23,25H,4-6,13-14H2,1-3H3,(H,30,31). The molecule has 1 aromatic heterocycles. The summed E-state index contributed by atoms with van der Waals surface area (Å²) in [5, 5.41) is 4.89. The highest BCUT2D eigenvalue weighted by Gasteiger charge is 2.34. The van der Waals surface area contributed by atoms with Gasteiger partial charge >= 0.3 is 0 Å². The predicted molar refractivity (Wildman–Crippen MR) is 133 cm³/mol. The highest BCUT2D eigenvalue weighted by atomic mass is 35.5. The predicted octanol–water partition coefficient (Wildman–Crippen LogP) is 7.08. The SMILES string of the molecule is CCCOC1Cc2ccccc2C1Nc1nc(CC)c(-c2ccc(Cl)cc2Cl)nc1CC. The van der Waals surface area contributed by atoms with E-state index in [-0.39, 0.29) is 12.1 Å². The second kappa shape index (κ2) is 10.2. The van der Waals surface area contributed by atoms with Crippen LogP contribution in [0.2, 0.25) is 10.0 Å². The number of aryl methyl sites for hydroxylation is 2. The minimum absolute atomic E-state index is 0.0482. The van der Waals surface area contributed by atoms with Crippen LogP contribution in [0.15, 0.2) is 42.5 Å². The van der Waals surface area contributed by atoms with Gasteiger partial charge in [-0.3, -0.25) is 0 Å². The fraction of sp³-hybridized carbons (Fsp3) is 0.385. The summed E-state index contributed by atoms with van der Waals surface area (Å²) in [5.41, 5.74) is 6.12. The van der Waals surface area contributed by atoms with Crippen molar-refractivity contribution in [1.29, 1.82) is 0 Å². The van der Waals surface area contributed by atoms with Crippen LogP contribution in [0.4, 0.5) is 5.82 Å². The number of anilines is 1. The summed E-state index contributed by atoms with van der Waals surface area (Å²) in [5.74, 6) is 0.824. The van der Waals surface area contributed by atoms with Gasteiger partial charge in [0.1, 0.15) is 5.82 Å². The largest absolute Gasteiger partial charge is 0.375 e. The van der Waals surface area contributed by atoms with Gasteiger partial charge in [-0.25, -0.2) is 9.97 Å². The molecule has 1 aliphatic rings. The molecule has 0 amide bonds. The average Bonchev–Trinajstić information content (AvgIpc) is 3.15. The first kappa shape index (κ1) is 23.0. The Bertz CT molecular complexity index is 1100. The van der Waals surface area contributed by atoms with Gasteiger partial charge in [0.15, 0.2) is 0 Å². The van der Waals surface area contributed by atoms with Crippen molar-refractivity contribution in [3.8, 4) is 11.3 Å². The van der Waals surface area contributed by atoms with E-state index >= 15 is 0 Å². The number of ether oxygens (including phenoxy) is 1.